The molecule has 0 aliphatic rings. The van der Waals surface area contributed by atoms with Crippen LogP contribution in [-0.4, -0.2) is 60.0 Å². The van der Waals surface area contributed by atoms with Gasteiger partial charge in [-0.2, -0.15) is 0 Å². The third-order valence-corrected chi connectivity index (χ3v) is 4.98. The minimum absolute atomic E-state index is 0.0931. The van der Waals surface area contributed by atoms with Crippen molar-refractivity contribution in [2.45, 2.75) is 65.6 Å². The fourth-order valence-corrected chi connectivity index (χ4v) is 3.35. The second-order valence-corrected chi connectivity index (χ2v) is 8.60. The van der Waals surface area contributed by atoms with E-state index in [9.17, 15) is 28.8 Å². The Kier molecular flexibility index (Phi) is 13.4. The van der Waals surface area contributed by atoms with Crippen LogP contribution >= 0.6 is 0 Å². The fraction of sp³-hybridized carbons (Fsp3) is 0.520. The summed E-state index contributed by atoms with van der Waals surface area (Å²) in [7, 11) is 1.23. The molecule has 0 fully saturated rings. The molecule has 0 saturated carbocycles. The fourth-order valence-electron chi connectivity index (χ4n) is 3.35. The monoisotopic (exact) mass is 520 g/mol. The van der Waals surface area contributed by atoms with E-state index in [0.29, 0.717) is 6.42 Å². The zero-order valence-corrected chi connectivity index (χ0v) is 21.9. The average Bonchev–Trinajstić information content (AvgIpc) is 2.82. The number of hydrogen-bond donors (Lipinski definition) is 3. The number of carbonyl (C=O) groups is 5. The molecule has 0 aliphatic carbocycles. The van der Waals surface area contributed by atoms with E-state index < -0.39 is 47.3 Å². The van der Waals surface area contributed by atoms with Gasteiger partial charge in [0.1, 0.15) is 24.3 Å². The van der Waals surface area contributed by atoms with Gasteiger partial charge in [-0.3, -0.25) is 19.2 Å². The average molecular weight is 521 g/mol. The molecule has 0 bridgehead atoms. The smallest absolute Gasteiger partial charge is 0.330 e. The molecule has 37 heavy (non-hydrogen) atoms. The molecule has 0 saturated heterocycles. The van der Waals surface area contributed by atoms with E-state index in [1.807, 2.05) is 13.8 Å². The predicted molar refractivity (Wildman–Crippen MR) is 135 cm³/mol. The molecule has 2 atom stereocenters. The highest BCUT2D eigenvalue weighted by Crippen LogP contribution is 2.07. The molecule has 204 valence electrons. The third-order valence-electron chi connectivity index (χ3n) is 4.98. The number of anilines is 1. The maximum atomic E-state index is 12.9. The number of rotatable bonds is 14. The predicted octanol–water partition coefficient (Wildman–Crippen LogP) is 0.895. The van der Waals surface area contributed by atoms with Gasteiger partial charge < -0.3 is 30.0 Å². The van der Waals surface area contributed by atoms with Crippen molar-refractivity contribution in [3.63, 3.8) is 0 Å². The first-order valence-corrected chi connectivity index (χ1v) is 12.0. The number of ether oxygens (including phenoxy) is 2. The third kappa shape index (κ3) is 11.5. The van der Waals surface area contributed by atoms with Gasteiger partial charge in [-0.15, -0.1) is 0 Å². The highest BCUT2D eigenvalue weighted by molar-refractivity contribution is 5.96. The summed E-state index contributed by atoms with van der Waals surface area (Å²) in [6.45, 7) is 6.57. The van der Waals surface area contributed by atoms with Crippen molar-refractivity contribution in [3.05, 3.63) is 40.8 Å². The zero-order chi connectivity index (χ0) is 28.0. The summed E-state index contributed by atoms with van der Waals surface area (Å²) in [6.07, 6.45) is 4.94. The van der Waals surface area contributed by atoms with Gasteiger partial charge in [-0.05, 0) is 44.2 Å². The summed E-state index contributed by atoms with van der Waals surface area (Å²) in [6, 6.07) is 1.02. The highest BCUT2D eigenvalue weighted by atomic mass is 16.5. The normalized spacial score (nSPS) is 12.5. The molecule has 0 aliphatic heterocycles. The molecule has 0 radical (unpaired) electrons. The lowest BCUT2D eigenvalue weighted by Gasteiger charge is -2.19. The maximum absolute atomic E-state index is 12.9. The minimum atomic E-state index is -0.974. The first-order valence-electron chi connectivity index (χ1n) is 12.0. The number of hydrogen-bond acceptors (Lipinski definition) is 8. The van der Waals surface area contributed by atoms with Gasteiger partial charge >= 0.3 is 11.9 Å². The number of allylic oxidation sites excluding steroid dienone is 1. The first kappa shape index (κ1) is 31.1. The highest BCUT2D eigenvalue weighted by Gasteiger charge is 2.23. The van der Waals surface area contributed by atoms with E-state index in [0.717, 1.165) is 4.57 Å². The van der Waals surface area contributed by atoms with Gasteiger partial charge in [0.25, 0.3) is 5.56 Å². The van der Waals surface area contributed by atoms with Crippen LogP contribution in [0.15, 0.2) is 35.3 Å². The lowest BCUT2D eigenvalue weighted by atomic mass is 10.0. The van der Waals surface area contributed by atoms with Crippen molar-refractivity contribution in [2.75, 3.05) is 19.0 Å². The lowest BCUT2D eigenvalue weighted by molar-refractivity contribution is -0.145. The van der Waals surface area contributed by atoms with E-state index >= 15 is 0 Å². The molecule has 1 aromatic heterocycles. The molecule has 3 N–H and O–H groups in total. The molecular formula is C25H36N4O8. The molecule has 1 unspecified atom stereocenters. The molecule has 3 amide bonds. The van der Waals surface area contributed by atoms with Gasteiger partial charge in [0.05, 0.1) is 13.7 Å². The number of methoxy groups -OCH3 is 1. The Morgan fingerprint density at radius 1 is 1.11 bits per heavy atom. The quantitative estimate of drug-likeness (QED) is 0.241. The number of amides is 3. The first-order chi connectivity index (χ1) is 17.5. The van der Waals surface area contributed by atoms with Crippen LogP contribution < -0.4 is 21.5 Å². The Morgan fingerprint density at radius 2 is 1.81 bits per heavy atom. The lowest BCUT2D eigenvalue weighted by Crippen LogP contribution is -2.45. The second kappa shape index (κ2) is 15.9. The molecular weight excluding hydrogens is 484 g/mol. The standard InChI is InChI=1S/C25H36N4O8/c1-6-37-22(32)12-8-7-10-18(26-17(4)30)23(33)28-19-11-9-13-29(24(19)34)15-21(31)27-20(14-16(2)3)25(35)36-5/h8-9,11-13,16,18,20H,6-7,10,14-15H2,1-5H3,(H,26,30)(H,27,31)(H,28,33)/b12-8+/t18?,20-/m0/s1. The Morgan fingerprint density at radius 3 is 2.41 bits per heavy atom. The van der Waals surface area contributed by atoms with Crippen molar-refractivity contribution in [2.24, 2.45) is 5.92 Å². The molecule has 1 rings (SSSR count). The zero-order valence-electron chi connectivity index (χ0n) is 21.9. The minimum Gasteiger partial charge on any atom is -0.467 e. The van der Waals surface area contributed by atoms with Gasteiger partial charge in [0, 0.05) is 19.2 Å². The molecule has 0 spiro atoms. The number of carbonyl (C=O) groups excluding carboxylic acids is 5. The molecule has 12 heteroatoms. The van der Waals surface area contributed by atoms with Crippen LogP contribution in [-0.2, 0) is 40.0 Å². The summed E-state index contributed by atoms with van der Waals surface area (Å²) in [5.74, 6) is -2.65. The number of aromatic nitrogens is 1. The van der Waals surface area contributed by atoms with E-state index in [1.165, 1.54) is 44.5 Å². The van der Waals surface area contributed by atoms with Crippen molar-refractivity contribution in [1.29, 1.82) is 0 Å². The van der Waals surface area contributed by atoms with Crippen LogP contribution in [0.2, 0.25) is 0 Å². The van der Waals surface area contributed by atoms with Gasteiger partial charge in [0.2, 0.25) is 17.7 Å². The van der Waals surface area contributed by atoms with Gasteiger partial charge in [-0.1, -0.05) is 19.9 Å². The number of esters is 2. The van der Waals surface area contributed by atoms with Gasteiger partial charge in [0.15, 0.2) is 0 Å². The van der Waals surface area contributed by atoms with Crippen LogP contribution in [0.1, 0.15) is 47.0 Å². The molecule has 1 aromatic rings. The second-order valence-electron chi connectivity index (χ2n) is 8.60. The van der Waals surface area contributed by atoms with E-state index in [2.05, 4.69) is 16.0 Å². The Balaban J connectivity index is 2.91. The van der Waals surface area contributed by atoms with Crippen molar-refractivity contribution in [1.82, 2.24) is 15.2 Å². The number of nitrogens with zero attached hydrogens (tertiary/aromatic N) is 1. The van der Waals surface area contributed by atoms with E-state index in [4.69, 9.17) is 9.47 Å². The summed E-state index contributed by atoms with van der Waals surface area (Å²) in [5, 5.41) is 7.57. The largest absolute Gasteiger partial charge is 0.467 e. The Labute approximate surface area is 215 Å². The van der Waals surface area contributed by atoms with Crippen LogP contribution in [0.4, 0.5) is 5.69 Å². The van der Waals surface area contributed by atoms with Crippen LogP contribution in [0.25, 0.3) is 0 Å². The van der Waals surface area contributed by atoms with Crippen molar-refractivity contribution >= 4 is 35.3 Å². The summed E-state index contributed by atoms with van der Waals surface area (Å²) < 4.78 is 10.6. The van der Waals surface area contributed by atoms with E-state index in [1.54, 1.807) is 6.92 Å². The number of pyridine rings is 1. The molecule has 1 heterocycles. The SMILES string of the molecule is CCOC(=O)/C=C/CCC(NC(C)=O)C(=O)Nc1cccn(CC(=O)N[C@@H](CC(C)C)C(=O)OC)c1=O. The van der Waals surface area contributed by atoms with Crippen LogP contribution in [0.3, 0.4) is 0 Å². The molecule has 12 nitrogen and oxygen atoms in total. The Bertz CT molecular complexity index is 1050. The summed E-state index contributed by atoms with van der Waals surface area (Å²) >= 11 is 0. The van der Waals surface area contributed by atoms with E-state index in [-0.39, 0.29) is 37.6 Å². The Hall–Kier alpha value is -3.96. The van der Waals surface area contributed by atoms with Crippen LogP contribution in [0, 0.1) is 5.92 Å². The maximum Gasteiger partial charge on any atom is 0.330 e. The number of nitrogens with one attached hydrogen (secondary N) is 3. The van der Waals surface area contributed by atoms with Crippen molar-refractivity contribution in [3.8, 4) is 0 Å². The van der Waals surface area contributed by atoms with Gasteiger partial charge in [-0.25, -0.2) is 9.59 Å². The van der Waals surface area contributed by atoms with Crippen LogP contribution in [0.5, 0.6) is 0 Å². The van der Waals surface area contributed by atoms with Crippen molar-refractivity contribution < 1.29 is 33.4 Å². The molecule has 0 aromatic carbocycles. The summed E-state index contributed by atoms with van der Waals surface area (Å²) in [5.41, 5.74) is -0.738. The topological polar surface area (TPSA) is 162 Å². The summed E-state index contributed by atoms with van der Waals surface area (Å²) in [4.78, 5) is 73.1.